The van der Waals surface area contributed by atoms with E-state index in [2.05, 4.69) is 26.7 Å². The number of anilines is 4. The number of hydrogen-bond donors (Lipinski definition) is 2. The number of nitriles is 1. The van der Waals surface area contributed by atoms with Crippen LogP contribution < -0.4 is 10.6 Å². The van der Waals surface area contributed by atoms with Gasteiger partial charge < -0.3 is 10.6 Å². The molecule has 3 aromatic rings. The topological polar surface area (TPSA) is 73.6 Å². The fraction of sp³-hybridized carbons (Fsp3) is 0.0556. The zero-order valence-corrected chi connectivity index (χ0v) is 13.7. The average Bonchev–Trinajstić information content (AvgIpc) is 2.57. The largest absolute Gasteiger partial charge is 0.340 e. The van der Waals surface area contributed by atoms with Gasteiger partial charge in [0.2, 0.25) is 0 Å². The highest BCUT2D eigenvalue weighted by Gasteiger charge is 2.05. The average molecular weight is 336 g/mol. The van der Waals surface area contributed by atoms with Crippen molar-refractivity contribution < 1.29 is 0 Å². The number of para-hydroxylation sites is 1. The van der Waals surface area contributed by atoms with E-state index in [-0.39, 0.29) is 0 Å². The van der Waals surface area contributed by atoms with Crippen LogP contribution in [-0.4, -0.2) is 9.97 Å². The van der Waals surface area contributed by atoms with Gasteiger partial charge in [0.05, 0.1) is 22.3 Å². The van der Waals surface area contributed by atoms with E-state index < -0.39 is 0 Å². The normalized spacial score (nSPS) is 10.0. The molecular weight excluding hydrogens is 322 g/mol. The number of hydrogen-bond acceptors (Lipinski definition) is 5. The minimum absolute atomic E-state index is 0.612. The summed E-state index contributed by atoms with van der Waals surface area (Å²) in [5.74, 6) is 1.93. The van der Waals surface area contributed by atoms with E-state index in [0.717, 1.165) is 11.4 Å². The van der Waals surface area contributed by atoms with Gasteiger partial charge in [0.15, 0.2) is 0 Å². The first-order valence-corrected chi connectivity index (χ1v) is 7.66. The van der Waals surface area contributed by atoms with Gasteiger partial charge >= 0.3 is 0 Å². The van der Waals surface area contributed by atoms with Crippen molar-refractivity contribution in [3.8, 4) is 6.07 Å². The summed E-state index contributed by atoms with van der Waals surface area (Å²) < 4.78 is 0. The van der Waals surface area contributed by atoms with E-state index >= 15 is 0 Å². The molecule has 0 aliphatic rings. The van der Waals surface area contributed by atoms with Crippen LogP contribution in [0.5, 0.6) is 0 Å². The molecule has 0 aliphatic carbocycles. The van der Waals surface area contributed by atoms with Gasteiger partial charge in [0.1, 0.15) is 17.5 Å². The van der Waals surface area contributed by atoms with Crippen LogP contribution in [0, 0.1) is 18.3 Å². The third-order valence-electron chi connectivity index (χ3n) is 3.26. The summed E-state index contributed by atoms with van der Waals surface area (Å²) in [6.07, 6.45) is 0. The highest BCUT2D eigenvalue weighted by atomic mass is 35.5. The maximum Gasteiger partial charge on any atom is 0.136 e. The molecule has 0 atom stereocenters. The summed E-state index contributed by atoms with van der Waals surface area (Å²) in [6.45, 7) is 1.82. The van der Waals surface area contributed by atoms with E-state index in [9.17, 15) is 0 Å². The second-order valence-corrected chi connectivity index (χ2v) is 5.51. The first-order chi connectivity index (χ1) is 11.6. The van der Waals surface area contributed by atoms with E-state index in [0.29, 0.717) is 28.0 Å². The molecule has 2 N–H and O–H groups in total. The number of rotatable bonds is 4. The minimum Gasteiger partial charge on any atom is -0.340 e. The number of halogens is 1. The van der Waals surface area contributed by atoms with Crippen molar-refractivity contribution in [1.29, 1.82) is 5.26 Å². The highest BCUT2D eigenvalue weighted by molar-refractivity contribution is 6.33. The van der Waals surface area contributed by atoms with Crippen molar-refractivity contribution in [2.75, 3.05) is 10.6 Å². The Bertz CT molecular complexity index is 900. The number of nitrogens with zero attached hydrogens (tertiary/aromatic N) is 3. The quantitative estimate of drug-likeness (QED) is 0.716. The van der Waals surface area contributed by atoms with Gasteiger partial charge in [-0.15, -0.1) is 0 Å². The first-order valence-electron chi connectivity index (χ1n) is 7.28. The fourth-order valence-electron chi connectivity index (χ4n) is 2.17. The van der Waals surface area contributed by atoms with Crippen LogP contribution in [0.4, 0.5) is 23.0 Å². The Morgan fingerprint density at radius 1 is 0.958 bits per heavy atom. The van der Waals surface area contributed by atoms with Gasteiger partial charge in [-0.2, -0.15) is 5.26 Å². The number of aromatic nitrogens is 2. The van der Waals surface area contributed by atoms with Crippen molar-refractivity contribution in [1.82, 2.24) is 9.97 Å². The van der Waals surface area contributed by atoms with Gasteiger partial charge in [0.25, 0.3) is 0 Å². The fourth-order valence-corrected chi connectivity index (χ4v) is 2.36. The summed E-state index contributed by atoms with van der Waals surface area (Å²) in [6, 6.07) is 18.5. The minimum atomic E-state index is 0.612. The van der Waals surface area contributed by atoms with E-state index in [4.69, 9.17) is 16.9 Å². The molecule has 0 saturated heterocycles. The zero-order valence-electron chi connectivity index (χ0n) is 12.9. The molecule has 0 unspecified atom stereocenters. The molecule has 6 heteroatoms. The third-order valence-corrected chi connectivity index (χ3v) is 3.59. The molecule has 0 saturated carbocycles. The Kier molecular flexibility index (Phi) is 4.59. The van der Waals surface area contributed by atoms with Crippen LogP contribution in [-0.2, 0) is 0 Å². The maximum absolute atomic E-state index is 8.84. The summed E-state index contributed by atoms with van der Waals surface area (Å²) >= 11 is 6.16. The molecule has 1 aromatic heterocycles. The van der Waals surface area contributed by atoms with Crippen LogP contribution in [0.3, 0.4) is 0 Å². The second-order valence-electron chi connectivity index (χ2n) is 5.10. The van der Waals surface area contributed by atoms with Gasteiger partial charge in [-0.05, 0) is 43.3 Å². The van der Waals surface area contributed by atoms with Crippen LogP contribution in [0.1, 0.15) is 11.4 Å². The van der Waals surface area contributed by atoms with Gasteiger partial charge in [0, 0.05) is 11.8 Å². The number of nitrogens with one attached hydrogen (secondary N) is 2. The maximum atomic E-state index is 8.84. The third kappa shape index (κ3) is 3.80. The van der Waals surface area contributed by atoms with E-state index in [1.54, 1.807) is 18.2 Å². The Morgan fingerprint density at radius 3 is 2.29 bits per heavy atom. The molecular formula is C18H14ClN5. The number of aryl methyl sites for hydroxylation is 1. The van der Waals surface area contributed by atoms with Gasteiger partial charge in [-0.3, -0.25) is 0 Å². The second kappa shape index (κ2) is 6.99. The summed E-state index contributed by atoms with van der Waals surface area (Å²) in [7, 11) is 0. The van der Waals surface area contributed by atoms with Gasteiger partial charge in [-0.25, -0.2) is 9.97 Å². The van der Waals surface area contributed by atoms with Gasteiger partial charge in [-0.1, -0.05) is 23.7 Å². The Balaban J connectivity index is 1.83. The molecule has 1 heterocycles. The smallest absolute Gasteiger partial charge is 0.136 e. The number of benzene rings is 2. The molecule has 0 radical (unpaired) electrons. The standard InChI is InChI=1S/C18H14ClN5/c1-12-21-17(23-14-8-6-13(11-20)7-9-14)10-18(22-12)24-16-5-3-2-4-15(16)19/h2-10H,1H3,(H2,21,22,23,24). The molecule has 0 amide bonds. The van der Waals surface area contributed by atoms with E-state index in [1.807, 2.05) is 43.3 Å². The lowest BCUT2D eigenvalue weighted by molar-refractivity contribution is 1.06. The van der Waals surface area contributed by atoms with Crippen molar-refractivity contribution in [2.45, 2.75) is 6.92 Å². The summed E-state index contributed by atoms with van der Waals surface area (Å²) in [4.78, 5) is 8.75. The Morgan fingerprint density at radius 2 is 1.62 bits per heavy atom. The van der Waals surface area contributed by atoms with E-state index in [1.165, 1.54) is 0 Å². The lowest BCUT2D eigenvalue weighted by Gasteiger charge is -2.11. The first kappa shape index (κ1) is 15.8. The van der Waals surface area contributed by atoms with Crippen molar-refractivity contribution in [3.05, 3.63) is 71.0 Å². The van der Waals surface area contributed by atoms with Crippen molar-refractivity contribution in [2.24, 2.45) is 0 Å². The predicted octanol–water partition coefficient (Wildman–Crippen LogP) is 4.80. The highest BCUT2D eigenvalue weighted by Crippen LogP contribution is 2.25. The zero-order chi connectivity index (χ0) is 16.9. The van der Waals surface area contributed by atoms with Crippen LogP contribution in [0.25, 0.3) is 0 Å². The monoisotopic (exact) mass is 335 g/mol. The van der Waals surface area contributed by atoms with Crippen LogP contribution in [0.2, 0.25) is 5.02 Å². The molecule has 24 heavy (non-hydrogen) atoms. The molecule has 0 spiro atoms. The molecule has 0 aliphatic heterocycles. The Labute approximate surface area is 145 Å². The molecule has 118 valence electrons. The van der Waals surface area contributed by atoms with Crippen molar-refractivity contribution in [3.63, 3.8) is 0 Å². The SMILES string of the molecule is Cc1nc(Nc2ccc(C#N)cc2)cc(Nc2ccccc2Cl)n1. The van der Waals surface area contributed by atoms with Crippen LogP contribution in [0.15, 0.2) is 54.6 Å². The molecule has 0 fully saturated rings. The molecule has 2 aromatic carbocycles. The molecule has 3 rings (SSSR count). The summed E-state index contributed by atoms with van der Waals surface area (Å²) in [5.41, 5.74) is 2.23. The van der Waals surface area contributed by atoms with Crippen molar-refractivity contribution >= 4 is 34.6 Å². The Hall–Kier alpha value is -3.10. The molecule has 0 bridgehead atoms. The predicted molar refractivity (Wildman–Crippen MR) is 95.9 cm³/mol. The lowest BCUT2D eigenvalue weighted by Crippen LogP contribution is -2.01. The van der Waals surface area contributed by atoms with Crippen LogP contribution >= 0.6 is 11.6 Å². The summed E-state index contributed by atoms with van der Waals surface area (Å²) in [5, 5.41) is 15.9. The lowest BCUT2D eigenvalue weighted by atomic mass is 10.2. The molecule has 5 nitrogen and oxygen atoms in total.